The van der Waals surface area contributed by atoms with Crippen molar-refractivity contribution in [2.24, 2.45) is 10.7 Å². The first-order valence-corrected chi connectivity index (χ1v) is 8.61. The fourth-order valence-corrected chi connectivity index (χ4v) is 3.69. The van der Waals surface area contributed by atoms with E-state index in [0.29, 0.717) is 5.96 Å². The summed E-state index contributed by atoms with van der Waals surface area (Å²) in [4.78, 5) is 6.90. The lowest BCUT2D eigenvalue weighted by atomic mass is 10.1. The Balaban J connectivity index is 1.47. The van der Waals surface area contributed by atoms with Gasteiger partial charge >= 0.3 is 0 Å². The van der Waals surface area contributed by atoms with E-state index in [2.05, 4.69) is 40.5 Å². The van der Waals surface area contributed by atoms with Gasteiger partial charge in [-0.25, -0.2) is 0 Å². The molecule has 0 radical (unpaired) electrons. The standard InChI is InChI=1S/C18H28N4/c1-22(17-7-2-3-8-17)12-11-20-18(19)21-16-10-9-14-5-4-6-15(14)13-16/h9-10,13,17H,2-8,11-12H2,1H3,(H3,19,20,21). The lowest BCUT2D eigenvalue weighted by Crippen LogP contribution is -2.32. The second-order valence-electron chi connectivity index (χ2n) is 6.65. The van der Waals surface area contributed by atoms with E-state index in [9.17, 15) is 0 Å². The first kappa shape index (κ1) is 15.3. The predicted molar refractivity (Wildman–Crippen MR) is 93.5 cm³/mol. The first-order valence-electron chi connectivity index (χ1n) is 8.61. The van der Waals surface area contributed by atoms with Crippen LogP contribution in [0.3, 0.4) is 0 Å². The molecule has 0 amide bonds. The summed E-state index contributed by atoms with van der Waals surface area (Å²) in [5, 5.41) is 3.22. The number of fused-ring (bicyclic) bond motifs is 1. The summed E-state index contributed by atoms with van der Waals surface area (Å²) in [7, 11) is 2.20. The first-order chi connectivity index (χ1) is 10.7. The smallest absolute Gasteiger partial charge is 0.193 e. The third-order valence-electron chi connectivity index (χ3n) is 5.05. The van der Waals surface area contributed by atoms with Crippen molar-refractivity contribution < 1.29 is 0 Å². The minimum absolute atomic E-state index is 0.526. The maximum atomic E-state index is 6.01. The summed E-state index contributed by atoms with van der Waals surface area (Å²) in [5.41, 5.74) is 10.0. The van der Waals surface area contributed by atoms with Crippen molar-refractivity contribution in [3.63, 3.8) is 0 Å². The highest BCUT2D eigenvalue weighted by atomic mass is 15.2. The van der Waals surface area contributed by atoms with E-state index in [4.69, 9.17) is 5.73 Å². The number of aryl methyl sites for hydroxylation is 2. The van der Waals surface area contributed by atoms with Gasteiger partial charge in [-0.05, 0) is 62.4 Å². The van der Waals surface area contributed by atoms with E-state index in [1.54, 1.807) is 0 Å². The fraction of sp³-hybridized carbons (Fsp3) is 0.611. The van der Waals surface area contributed by atoms with E-state index in [-0.39, 0.29) is 0 Å². The summed E-state index contributed by atoms with van der Waals surface area (Å²) in [6.45, 7) is 1.74. The molecule has 1 fully saturated rings. The Hall–Kier alpha value is -1.55. The molecule has 0 bridgehead atoms. The molecule has 0 aliphatic heterocycles. The minimum Gasteiger partial charge on any atom is -0.370 e. The number of anilines is 1. The lowest BCUT2D eigenvalue weighted by molar-refractivity contribution is 0.252. The summed E-state index contributed by atoms with van der Waals surface area (Å²) in [6, 6.07) is 7.29. The molecule has 2 aliphatic carbocycles. The Bertz CT molecular complexity index is 532. The zero-order valence-electron chi connectivity index (χ0n) is 13.6. The average molecular weight is 300 g/mol. The molecule has 0 unspecified atom stereocenters. The second kappa shape index (κ2) is 7.14. The number of benzene rings is 1. The van der Waals surface area contributed by atoms with Crippen molar-refractivity contribution in [1.29, 1.82) is 0 Å². The molecule has 3 rings (SSSR count). The molecular weight excluding hydrogens is 272 g/mol. The van der Waals surface area contributed by atoms with Crippen LogP contribution in [-0.4, -0.2) is 37.0 Å². The van der Waals surface area contributed by atoms with Gasteiger partial charge in [-0.3, -0.25) is 4.99 Å². The van der Waals surface area contributed by atoms with Crippen LogP contribution in [0.25, 0.3) is 0 Å². The van der Waals surface area contributed by atoms with Gasteiger partial charge in [-0.2, -0.15) is 0 Å². The number of nitrogens with two attached hydrogens (primary N) is 1. The van der Waals surface area contributed by atoms with Crippen molar-refractivity contribution in [2.45, 2.75) is 51.0 Å². The number of rotatable bonds is 5. The molecule has 120 valence electrons. The summed E-state index contributed by atoms with van der Waals surface area (Å²) in [5.74, 6) is 0.526. The van der Waals surface area contributed by atoms with Gasteiger partial charge in [-0.15, -0.1) is 0 Å². The van der Waals surface area contributed by atoms with Crippen LogP contribution in [0, 0.1) is 0 Å². The minimum atomic E-state index is 0.526. The molecule has 1 aromatic rings. The topological polar surface area (TPSA) is 53.6 Å². The van der Waals surface area contributed by atoms with Gasteiger partial charge in [0.1, 0.15) is 0 Å². The molecule has 1 aromatic carbocycles. The van der Waals surface area contributed by atoms with Crippen LogP contribution in [0.5, 0.6) is 0 Å². The summed E-state index contributed by atoms with van der Waals surface area (Å²) in [6.07, 6.45) is 9.10. The Morgan fingerprint density at radius 2 is 2.00 bits per heavy atom. The van der Waals surface area contributed by atoms with E-state index < -0.39 is 0 Å². The Kier molecular flexibility index (Phi) is 4.98. The number of nitrogens with one attached hydrogen (secondary N) is 1. The van der Waals surface area contributed by atoms with Gasteiger partial charge in [0, 0.05) is 18.3 Å². The van der Waals surface area contributed by atoms with Gasteiger partial charge in [0.25, 0.3) is 0 Å². The van der Waals surface area contributed by atoms with E-state index in [1.165, 1.54) is 56.1 Å². The number of likely N-dealkylation sites (N-methyl/N-ethyl adjacent to an activating group) is 1. The number of hydrogen-bond donors (Lipinski definition) is 2. The van der Waals surface area contributed by atoms with Crippen LogP contribution in [-0.2, 0) is 12.8 Å². The Morgan fingerprint density at radius 3 is 2.82 bits per heavy atom. The molecule has 1 saturated carbocycles. The highest BCUT2D eigenvalue weighted by Crippen LogP contribution is 2.25. The maximum Gasteiger partial charge on any atom is 0.193 e. The monoisotopic (exact) mass is 300 g/mol. The molecular formula is C18H28N4. The fourth-order valence-electron chi connectivity index (χ4n) is 3.69. The van der Waals surface area contributed by atoms with Crippen molar-refractivity contribution in [1.82, 2.24) is 4.90 Å². The van der Waals surface area contributed by atoms with Crippen LogP contribution in [0.2, 0.25) is 0 Å². The molecule has 0 heterocycles. The normalized spacial score (nSPS) is 18.9. The number of guanidine groups is 1. The summed E-state index contributed by atoms with van der Waals surface area (Å²) < 4.78 is 0. The van der Waals surface area contributed by atoms with E-state index in [1.807, 2.05) is 0 Å². The Morgan fingerprint density at radius 1 is 1.23 bits per heavy atom. The quantitative estimate of drug-likeness (QED) is 0.649. The Labute approximate surface area is 133 Å². The number of nitrogens with zero attached hydrogens (tertiary/aromatic N) is 2. The van der Waals surface area contributed by atoms with Crippen LogP contribution in [0.1, 0.15) is 43.2 Å². The highest BCUT2D eigenvalue weighted by molar-refractivity contribution is 5.92. The average Bonchev–Trinajstić information content (AvgIpc) is 3.18. The predicted octanol–water partition coefficient (Wildman–Crippen LogP) is 2.78. The van der Waals surface area contributed by atoms with Crippen LogP contribution < -0.4 is 11.1 Å². The van der Waals surface area contributed by atoms with E-state index >= 15 is 0 Å². The van der Waals surface area contributed by atoms with Gasteiger partial charge in [-0.1, -0.05) is 18.9 Å². The zero-order chi connectivity index (χ0) is 15.4. The van der Waals surface area contributed by atoms with Crippen molar-refractivity contribution in [3.05, 3.63) is 29.3 Å². The summed E-state index contributed by atoms with van der Waals surface area (Å²) >= 11 is 0. The second-order valence-corrected chi connectivity index (χ2v) is 6.65. The third-order valence-corrected chi connectivity index (χ3v) is 5.05. The van der Waals surface area contributed by atoms with Crippen molar-refractivity contribution in [2.75, 3.05) is 25.5 Å². The van der Waals surface area contributed by atoms with Crippen LogP contribution in [0.15, 0.2) is 23.2 Å². The molecule has 4 nitrogen and oxygen atoms in total. The molecule has 22 heavy (non-hydrogen) atoms. The van der Waals surface area contributed by atoms with Crippen molar-refractivity contribution in [3.8, 4) is 0 Å². The lowest BCUT2D eigenvalue weighted by Gasteiger charge is -2.22. The molecule has 0 saturated heterocycles. The molecule has 0 spiro atoms. The molecule has 2 aliphatic rings. The highest BCUT2D eigenvalue weighted by Gasteiger charge is 2.18. The number of aliphatic imine (C=N–C) groups is 1. The van der Waals surface area contributed by atoms with Crippen LogP contribution in [0.4, 0.5) is 5.69 Å². The number of hydrogen-bond acceptors (Lipinski definition) is 2. The molecule has 4 heteroatoms. The third kappa shape index (κ3) is 3.80. The van der Waals surface area contributed by atoms with Gasteiger partial charge in [0.15, 0.2) is 5.96 Å². The molecule has 3 N–H and O–H groups in total. The van der Waals surface area contributed by atoms with Crippen molar-refractivity contribution >= 4 is 11.6 Å². The van der Waals surface area contributed by atoms with Gasteiger partial charge in [0.2, 0.25) is 0 Å². The van der Waals surface area contributed by atoms with E-state index in [0.717, 1.165) is 24.8 Å². The maximum absolute atomic E-state index is 6.01. The largest absolute Gasteiger partial charge is 0.370 e. The van der Waals surface area contributed by atoms with Gasteiger partial charge in [0.05, 0.1) is 6.54 Å². The molecule has 0 aromatic heterocycles. The van der Waals surface area contributed by atoms with Crippen LogP contribution >= 0.6 is 0 Å². The SMILES string of the molecule is CN(CCN=C(N)Nc1ccc2c(c1)CCC2)C1CCCC1. The van der Waals surface area contributed by atoms with Gasteiger partial charge < -0.3 is 16.0 Å². The molecule has 0 atom stereocenters. The zero-order valence-corrected chi connectivity index (χ0v) is 13.6.